The number of carboxylic acids is 2. The minimum Gasteiger partial charge on any atom is -0.481 e. The molecule has 0 atom stereocenters. The van der Waals surface area contributed by atoms with Gasteiger partial charge in [-0.25, -0.2) is 4.79 Å². The van der Waals surface area contributed by atoms with Gasteiger partial charge < -0.3 is 10.2 Å². The van der Waals surface area contributed by atoms with Gasteiger partial charge in [-0.2, -0.15) is 0 Å². The average molecular weight is 298 g/mol. The van der Waals surface area contributed by atoms with Crippen molar-refractivity contribution in [1.82, 2.24) is 0 Å². The fourth-order valence-electron chi connectivity index (χ4n) is 2.41. The highest BCUT2D eigenvalue weighted by Crippen LogP contribution is 2.17. The van der Waals surface area contributed by atoms with Gasteiger partial charge in [0.15, 0.2) is 0 Å². The number of carboxylic acid groups (broad SMARTS) is 2. The van der Waals surface area contributed by atoms with Crippen LogP contribution in [0.1, 0.15) is 84.5 Å². The van der Waals surface area contributed by atoms with Gasteiger partial charge >= 0.3 is 11.9 Å². The number of hydrogen-bond donors (Lipinski definition) is 2. The van der Waals surface area contributed by atoms with E-state index in [0.29, 0.717) is 12.0 Å². The minimum absolute atomic E-state index is 0.0436. The Bertz CT molecular complexity index is 345. The molecule has 0 saturated carbocycles. The van der Waals surface area contributed by atoms with Crippen molar-refractivity contribution < 1.29 is 19.8 Å². The van der Waals surface area contributed by atoms with Crippen LogP contribution in [-0.2, 0) is 9.59 Å². The maximum atomic E-state index is 11.0. The van der Waals surface area contributed by atoms with E-state index in [2.05, 4.69) is 6.92 Å². The Hall–Kier alpha value is -1.32. The summed E-state index contributed by atoms with van der Waals surface area (Å²) in [6.45, 7) is 3.95. The molecule has 2 N–H and O–H groups in total. The number of rotatable bonds is 13. The molecule has 122 valence electrons. The van der Waals surface area contributed by atoms with E-state index in [4.69, 9.17) is 10.2 Å². The molecule has 0 radical (unpaired) electrons. The summed E-state index contributed by atoms with van der Waals surface area (Å²) < 4.78 is 0. The molecule has 0 aromatic carbocycles. The van der Waals surface area contributed by atoms with E-state index in [-0.39, 0.29) is 5.57 Å². The molecule has 21 heavy (non-hydrogen) atoms. The summed E-state index contributed by atoms with van der Waals surface area (Å²) in [6.07, 6.45) is 11.3. The molecule has 4 heteroatoms. The topological polar surface area (TPSA) is 74.6 Å². The zero-order chi connectivity index (χ0) is 16.1. The molecule has 0 aliphatic rings. The van der Waals surface area contributed by atoms with Gasteiger partial charge in [0.1, 0.15) is 0 Å². The van der Waals surface area contributed by atoms with Crippen molar-refractivity contribution in [2.75, 3.05) is 0 Å². The van der Waals surface area contributed by atoms with Gasteiger partial charge in [0, 0.05) is 5.57 Å². The molecular weight excluding hydrogens is 268 g/mol. The van der Waals surface area contributed by atoms with E-state index in [1.165, 1.54) is 44.9 Å². The lowest BCUT2D eigenvalue weighted by molar-refractivity contribution is -0.139. The Morgan fingerprint density at radius 2 is 1.29 bits per heavy atom. The van der Waals surface area contributed by atoms with Crippen LogP contribution in [0.15, 0.2) is 11.1 Å². The van der Waals surface area contributed by atoms with Crippen LogP contribution < -0.4 is 0 Å². The third kappa shape index (κ3) is 11.1. The maximum Gasteiger partial charge on any atom is 0.332 e. The van der Waals surface area contributed by atoms with Crippen LogP contribution in [0, 0.1) is 0 Å². The zero-order valence-corrected chi connectivity index (χ0v) is 13.5. The lowest BCUT2D eigenvalue weighted by Gasteiger charge is -2.07. The van der Waals surface area contributed by atoms with Crippen molar-refractivity contribution in [1.29, 1.82) is 0 Å². The third-order valence-electron chi connectivity index (χ3n) is 3.76. The summed E-state index contributed by atoms with van der Waals surface area (Å²) in [7, 11) is 0. The second-order valence-corrected chi connectivity index (χ2v) is 5.71. The average Bonchev–Trinajstić information content (AvgIpc) is 2.42. The van der Waals surface area contributed by atoms with Crippen molar-refractivity contribution in [3.8, 4) is 0 Å². The summed E-state index contributed by atoms with van der Waals surface area (Å²) >= 11 is 0. The van der Waals surface area contributed by atoms with E-state index in [0.717, 1.165) is 12.8 Å². The van der Waals surface area contributed by atoms with Crippen molar-refractivity contribution >= 4 is 11.9 Å². The number of carbonyl (C=O) groups is 2. The van der Waals surface area contributed by atoms with E-state index in [1.54, 1.807) is 6.92 Å². The van der Waals surface area contributed by atoms with E-state index in [1.807, 2.05) is 0 Å². The van der Waals surface area contributed by atoms with Gasteiger partial charge in [-0.05, 0) is 19.8 Å². The van der Waals surface area contributed by atoms with Gasteiger partial charge in [0.25, 0.3) is 0 Å². The Morgan fingerprint density at radius 3 is 1.71 bits per heavy atom. The second-order valence-electron chi connectivity index (χ2n) is 5.71. The first-order valence-electron chi connectivity index (χ1n) is 8.12. The van der Waals surface area contributed by atoms with Gasteiger partial charge in [-0.1, -0.05) is 63.9 Å². The predicted molar refractivity (Wildman–Crippen MR) is 84.4 cm³/mol. The summed E-state index contributed by atoms with van der Waals surface area (Å²) in [5, 5.41) is 17.7. The molecule has 0 aromatic rings. The molecule has 4 nitrogen and oxygen atoms in total. The van der Waals surface area contributed by atoms with Crippen molar-refractivity contribution in [3.63, 3.8) is 0 Å². The fourth-order valence-corrected chi connectivity index (χ4v) is 2.41. The fraction of sp³-hybridized carbons (Fsp3) is 0.765. The van der Waals surface area contributed by atoms with Crippen molar-refractivity contribution in [3.05, 3.63) is 11.1 Å². The van der Waals surface area contributed by atoms with Crippen LogP contribution >= 0.6 is 0 Å². The highest BCUT2D eigenvalue weighted by atomic mass is 16.4. The van der Waals surface area contributed by atoms with Crippen LogP contribution in [0.25, 0.3) is 0 Å². The Morgan fingerprint density at radius 1 is 0.810 bits per heavy atom. The third-order valence-corrected chi connectivity index (χ3v) is 3.76. The van der Waals surface area contributed by atoms with Gasteiger partial charge in [-0.15, -0.1) is 0 Å². The molecule has 0 aromatic heterocycles. The lowest BCUT2D eigenvalue weighted by Crippen LogP contribution is -2.09. The number of allylic oxidation sites excluding steroid dienone is 1. The van der Waals surface area contributed by atoms with Crippen LogP contribution in [0.5, 0.6) is 0 Å². The van der Waals surface area contributed by atoms with Crippen LogP contribution in [0.2, 0.25) is 0 Å². The number of hydrogen-bond acceptors (Lipinski definition) is 2. The standard InChI is InChI=1S/C17H30O4/c1-3-4-5-6-7-8-9-10-11-12-14(2)15(17(20)21)13-16(18)19/h3-13H2,1-2H3,(H,18,19)(H,20,21). The number of aliphatic carboxylic acids is 2. The molecule has 0 rings (SSSR count). The van der Waals surface area contributed by atoms with Crippen LogP contribution in [-0.4, -0.2) is 22.2 Å². The molecular formula is C17H30O4. The molecule has 0 fully saturated rings. The summed E-state index contributed by atoms with van der Waals surface area (Å²) in [4.78, 5) is 21.7. The molecule has 0 amide bonds. The van der Waals surface area contributed by atoms with Crippen molar-refractivity contribution in [2.24, 2.45) is 0 Å². The maximum absolute atomic E-state index is 11.0. The first kappa shape index (κ1) is 19.7. The van der Waals surface area contributed by atoms with E-state index >= 15 is 0 Å². The summed E-state index contributed by atoms with van der Waals surface area (Å²) in [5.41, 5.74) is 0.745. The molecule has 0 spiro atoms. The van der Waals surface area contributed by atoms with Gasteiger partial charge in [0.05, 0.1) is 6.42 Å². The molecule has 0 bridgehead atoms. The summed E-state index contributed by atoms with van der Waals surface area (Å²) in [5.74, 6) is -2.19. The molecule has 0 aliphatic carbocycles. The van der Waals surface area contributed by atoms with E-state index < -0.39 is 18.4 Å². The number of unbranched alkanes of at least 4 members (excludes halogenated alkanes) is 8. The molecule has 0 heterocycles. The molecule has 0 saturated heterocycles. The normalized spacial score (nSPS) is 12.1. The second kappa shape index (κ2) is 12.4. The first-order chi connectivity index (χ1) is 9.99. The monoisotopic (exact) mass is 298 g/mol. The largest absolute Gasteiger partial charge is 0.481 e. The molecule has 0 unspecified atom stereocenters. The lowest BCUT2D eigenvalue weighted by atomic mass is 9.99. The zero-order valence-electron chi connectivity index (χ0n) is 13.5. The van der Waals surface area contributed by atoms with Crippen molar-refractivity contribution in [2.45, 2.75) is 84.5 Å². The SMILES string of the molecule is CCCCCCCCCCCC(C)=C(CC(=O)O)C(=O)O. The Kier molecular flexibility index (Phi) is 11.6. The van der Waals surface area contributed by atoms with Crippen LogP contribution in [0.4, 0.5) is 0 Å². The van der Waals surface area contributed by atoms with E-state index in [9.17, 15) is 9.59 Å². The quantitative estimate of drug-likeness (QED) is 0.379. The minimum atomic E-state index is -1.11. The Labute approximate surface area is 128 Å². The first-order valence-corrected chi connectivity index (χ1v) is 8.12. The smallest absolute Gasteiger partial charge is 0.332 e. The molecule has 0 aliphatic heterocycles. The highest BCUT2D eigenvalue weighted by Gasteiger charge is 2.14. The predicted octanol–water partition coefficient (Wildman–Crippen LogP) is 4.78. The van der Waals surface area contributed by atoms with Gasteiger partial charge in [-0.3, -0.25) is 4.79 Å². The van der Waals surface area contributed by atoms with Crippen LogP contribution in [0.3, 0.4) is 0 Å². The Balaban J connectivity index is 3.83. The summed E-state index contributed by atoms with van der Waals surface area (Å²) in [6, 6.07) is 0. The highest BCUT2D eigenvalue weighted by molar-refractivity contribution is 5.92. The van der Waals surface area contributed by atoms with Gasteiger partial charge in [0.2, 0.25) is 0 Å².